The molecule has 1 amide bonds. The first-order chi connectivity index (χ1) is 13.2. The number of aryl methyl sites for hydroxylation is 2. The molecule has 3 aliphatic rings. The molecule has 2 heterocycles. The predicted molar refractivity (Wildman–Crippen MR) is 111 cm³/mol. The van der Waals surface area contributed by atoms with Crippen molar-refractivity contribution in [2.24, 2.45) is 5.92 Å². The van der Waals surface area contributed by atoms with E-state index in [0.717, 1.165) is 46.5 Å². The standard InChI is InChI=1S/C22H24BrN3O2/c1-11-15-10-17(15)26(21(27)28-22(2,3)4)19(11)20-24-16-8-5-12-9-13(23)6-7-14(12)18(16)25-20/h6-7,9,15,17,19H,1,5,8,10H2,2-4H3,(H,24,25)/t15?,17?,19-/m0/s1. The lowest BCUT2D eigenvalue weighted by Crippen LogP contribution is -2.39. The van der Waals surface area contributed by atoms with E-state index in [9.17, 15) is 4.79 Å². The van der Waals surface area contributed by atoms with E-state index in [0.29, 0.717) is 5.92 Å². The van der Waals surface area contributed by atoms with Crippen LogP contribution >= 0.6 is 15.9 Å². The fourth-order valence-corrected chi connectivity index (χ4v) is 4.95. The summed E-state index contributed by atoms with van der Waals surface area (Å²) in [6.45, 7) is 10.0. The molecule has 3 atom stereocenters. The third-order valence-electron chi connectivity index (χ3n) is 5.85. The number of amides is 1. The van der Waals surface area contributed by atoms with Crippen LogP contribution in [-0.4, -0.2) is 32.6 Å². The maximum atomic E-state index is 12.9. The van der Waals surface area contributed by atoms with Gasteiger partial charge in [0.15, 0.2) is 0 Å². The summed E-state index contributed by atoms with van der Waals surface area (Å²) in [6, 6.07) is 6.30. The molecular formula is C22H24BrN3O2. The lowest BCUT2D eigenvalue weighted by molar-refractivity contribution is 0.0194. The van der Waals surface area contributed by atoms with Crippen LogP contribution in [0.5, 0.6) is 0 Å². The third kappa shape index (κ3) is 2.81. The topological polar surface area (TPSA) is 58.2 Å². The summed E-state index contributed by atoms with van der Waals surface area (Å²) < 4.78 is 6.78. The second kappa shape index (κ2) is 5.96. The summed E-state index contributed by atoms with van der Waals surface area (Å²) in [5.41, 5.74) is 5.16. The van der Waals surface area contributed by atoms with Crippen LogP contribution in [0.2, 0.25) is 0 Å². The minimum absolute atomic E-state index is 0.192. The highest BCUT2D eigenvalue weighted by Crippen LogP contribution is 2.56. The van der Waals surface area contributed by atoms with Gasteiger partial charge in [0, 0.05) is 27.7 Å². The summed E-state index contributed by atoms with van der Waals surface area (Å²) in [5.74, 6) is 1.17. The van der Waals surface area contributed by atoms with E-state index in [2.05, 4.69) is 45.7 Å². The number of halogens is 1. The summed E-state index contributed by atoms with van der Waals surface area (Å²) in [7, 11) is 0. The van der Waals surface area contributed by atoms with E-state index in [1.165, 1.54) is 11.1 Å². The van der Waals surface area contributed by atoms with Gasteiger partial charge in [0.05, 0.1) is 5.69 Å². The van der Waals surface area contributed by atoms with Crippen LogP contribution in [0.25, 0.3) is 11.3 Å². The molecule has 28 heavy (non-hydrogen) atoms. The van der Waals surface area contributed by atoms with Gasteiger partial charge in [-0.05, 0) is 63.3 Å². The number of benzene rings is 1. The number of aromatic amines is 1. The molecule has 0 radical (unpaired) electrons. The minimum atomic E-state index is -0.523. The molecule has 1 aromatic heterocycles. The van der Waals surface area contributed by atoms with Crippen LogP contribution in [0.15, 0.2) is 34.8 Å². The van der Waals surface area contributed by atoms with Gasteiger partial charge in [0.25, 0.3) is 0 Å². The molecule has 2 fully saturated rings. The smallest absolute Gasteiger partial charge is 0.411 e. The Hall–Kier alpha value is -2.08. The molecule has 6 heteroatoms. The molecule has 1 N–H and O–H groups in total. The highest BCUT2D eigenvalue weighted by atomic mass is 79.9. The van der Waals surface area contributed by atoms with E-state index in [-0.39, 0.29) is 18.2 Å². The number of nitrogens with one attached hydrogen (secondary N) is 1. The second-order valence-electron chi connectivity index (χ2n) is 9.03. The molecule has 1 aliphatic heterocycles. The molecule has 2 aromatic rings. The van der Waals surface area contributed by atoms with Gasteiger partial charge in [-0.15, -0.1) is 0 Å². The van der Waals surface area contributed by atoms with Crippen LogP contribution in [0.3, 0.4) is 0 Å². The molecule has 1 saturated carbocycles. The molecule has 1 saturated heterocycles. The molecule has 0 bridgehead atoms. The lowest BCUT2D eigenvalue weighted by atomic mass is 9.92. The van der Waals surface area contributed by atoms with Crippen molar-refractivity contribution in [1.82, 2.24) is 14.9 Å². The Kier molecular flexibility index (Phi) is 3.83. The van der Waals surface area contributed by atoms with Crippen molar-refractivity contribution < 1.29 is 9.53 Å². The van der Waals surface area contributed by atoms with Crippen LogP contribution in [0.1, 0.15) is 50.3 Å². The van der Waals surface area contributed by atoms with Gasteiger partial charge in [-0.2, -0.15) is 0 Å². The van der Waals surface area contributed by atoms with Gasteiger partial charge in [0.2, 0.25) is 0 Å². The number of ether oxygens (including phenoxy) is 1. The Morgan fingerprint density at radius 2 is 2.14 bits per heavy atom. The molecule has 5 rings (SSSR count). The van der Waals surface area contributed by atoms with Gasteiger partial charge in [-0.25, -0.2) is 9.78 Å². The highest BCUT2D eigenvalue weighted by Gasteiger charge is 2.58. The number of piperidine rings is 1. The Balaban J connectivity index is 1.52. The van der Waals surface area contributed by atoms with Gasteiger partial charge < -0.3 is 9.72 Å². The zero-order valence-electron chi connectivity index (χ0n) is 16.4. The van der Waals surface area contributed by atoms with Gasteiger partial charge in [0.1, 0.15) is 17.5 Å². The average Bonchev–Trinajstić information content (AvgIpc) is 3.17. The number of carbonyl (C=O) groups excluding carboxylic acids is 1. The fraction of sp³-hybridized carbons (Fsp3) is 0.455. The van der Waals surface area contributed by atoms with Crippen molar-refractivity contribution in [3.63, 3.8) is 0 Å². The molecule has 0 spiro atoms. The number of hydrogen-bond acceptors (Lipinski definition) is 3. The van der Waals surface area contributed by atoms with Crippen LogP contribution < -0.4 is 0 Å². The van der Waals surface area contributed by atoms with Crippen molar-refractivity contribution >= 4 is 22.0 Å². The normalized spacial score (nSPS) is 25.2. The Labute approximate surface area is 173 Å². The van der Waals surface area contributed by atoms with Crippen molar-refractivity contribution in [2.75, 3.05) is 0 Å². The van der Waals surface area contributed by atoms with Crippen molar-refractivity contribution in [3.8, 4) is 11.3 Å². The fourth-order valence-electron chi connectivity index (χ4n) is 4.55. The number of aromatic nitrogens is 2. The molecule has 1 aromatic carbocycles. The number of likely N-dealkylation sites (tertiary alicyclic amines) is 1. The number of H-pyrrole nitrogens is 1. The number of rotatable bonds is 1. The summed E-state index contributed by atoms with van der Waals surface area (Å²) in [6.07, 6.45) is 2.61. The van der Waals surface area contributed by atoms with Crippen LogP contribution in [-0.2, 0) is 17.6 Å². The van der Waals surface area contributed by atoms with Crippen molar-refractivity contribution in [1.29, 1.82) is 0 Å². The quantitative estimate of drug-likeness (QED) is 0.620. The summed E-state index contributed by atoms with van der Waals surface area (Å²) in [4.78, 5) is 23.2. The second-order valence-corrected chi connectivity index (χ2v) is 9.94. The van der Waals surface area contributed by atoms with Crippen molar-refractivity contribution in [2.45, 2.75) is 57.7 Å². The molecular weight excluding hydrogens is 418 g/mol. The van der Waals surface area contributed by atoms with Crippen LogP contribution in [0, 0.1) is 5.92 Å². The summed E-state index contributed by atoms with van der Waals surface area (Å²) >= 11 is 3.56. The monoisotopic (exact) mass is 441 g/mol. The number of nitrogens with zero attached hydrogens (tertiary/aromatic N) is 2. The van der Waals surface area contributed by atoms with Gasteiger partial charge in [-0.3, -0.25) is 4.90 Å². The maximum absolute atomic E-state index is 12.9. The van der Waals surface area contributed by atoms with E-state index in [1.54, 1.807) is 0 Å². The molecule has 5 nitrogen and oxygen atoms in total. The zero-order chi connectivity index (χ0) is 19.8. The highest BCUT2D eigenvalue weighted by molar-refractivity contribution is 9.10. The third-order valence-corrected chi connectivity index (χ3v) is 6.34. The lowest BCUT2D eigenvalue weighted by Gasteiger charge is -2.30. The number of imidazole rings is 1. The van der Waals surface area contributed by atoms with E-state index in [4.69, 9.17) is 9.72 Å². The first-order valence-corrected chi connectivity index (χ1v) is 10.6. The van der Waals surface area contributed by atoms with Crippen molar-refractivity contribution in [3.05, 3.63) is 51.9 Å². The average molecular weight is 442 g/mol. The number of fused-ring (bicyclic) bond motifs is 4. The Morgan fingerprint density at radius 1 is 1.36 bits per heavy atom. The first-order valence-electron chi connectivity index (χ1n) is 9.80. The van der Waals surface area contributed by atoms with E-state index in [1.807, 2.05) is 25.7 Å². The van der Waals surface area contributed by atoms with Gasteiger partial charge in [-0.1, -0.05) is 28.6 Å². The zero-order valence-corrected chi connectivity index (χ0v) is 18.0. The minimum Gasteiger partial charge on any atom is -0.444 e. The summed E-state index contributed by atoms with van der Waals surface area (Å²) in [5, 5.41) is 0. The Bertz CT molecular complexity index is 1000. The molecule has 2 aliphatic carbocycles. The number of carbonyl (C=O) groups is 1. The maximum Gasteiger partial charge on any atom is 0.411 e. The first kappa shape index (κ1) is 18.0. The largest absolute Gasteiger partial charge is 0.444 e. The van der Waals surface area contributed by atoms with Gasteiger partial charge >= 0.3 is 6.09 Å². The van der Waals surface area contributed by atoms with E-state index < -0.39 is 5.60 Å². The molecule has 146 valence electrons. The Morgan fingerprint density at radius 3 is 2.89 bits per heavy atom. The predicted octanol–water partition coefficient (Wildman–Crippen LogP) is 5.17. The molecule has 2 unspecified atom stereocenters. The SMILES string of the molecule is C=C1C2CC2N(C(=O)OC(C)(C)C)[C@@H]1c1nc2c([nH]1)CCc1cc(Br)ccc1-2. The van der Waals surface area contributed by atoms with Crippen LogP contribution in [0.4, 0.5) is 4.79 Å². The number of hydrogen-bond donors (Lipinski definition) is 1. The van der Waals surface area contributed by atoms with E-state index >= 15 is 0 Å².